The lowest BCUT2D eigenvalue weighted by Gasteiger charge is -2.42. The Balaban J connectivity index is 1.61. The first-order valence-corrected chi connectivity index (χ1v) is 6.04. The van der Waals surface area contributed by atoms with Crippen molar-refractivity contribution in [3.8, 4) is 0 Å². The summed E-state index contributed by atoms with van der Waals surface area (Å²) in [5.74, 6) is 1.91. The highest BCUT2D eigenvalue weighted by Crippen LogP contribution is 2.62. The van der Waals surface area contributed by atoms with Crippen molar-refractivity contribution in [2.45, 2.75) is 32.7 Å². The molecule has 0 spiro atoms. The molecule has 14 heavy (non-hydrogen) atoms. The summed E-state index contributed by atoms with van der Waals surface area (Å²) in [5.41, 5.74) is 0.751. The lowest BCUT2D eigenvalue weighted by molar-refractivity contribution is -0.0762. The molecule has 3 aliphatic rings. The highest BCUT2D eigenvalue weighted by atomic mass is 16.5. The van der Waals surface area contributed by atoms with Gasteiger partial charge in [0.25, 0.3) is 0 Å². The summed E-state index contributed by atoms with van der Waals surface area (Å²) in [7, 11) is 0. The first-order valence-electron chi connectivity index (χ1n) is 6.04. The Morgan fingerprint density at radius 3 is 2.64 bits per heavy atom. The van der Waals surface area contributed by atoms with Gasteiger partial charge in [0.1, 0.15) is 0 Å². The number of hydrogen-bond donors (Lipinski definition) is 0. The van der Waals surface area contributed by atoms with Crippen LogP contribution < -0.4 is 0 Å². The molecular formula is C12H21NO. The minimum absolute atomic E-state index is 0.751. The zero-order valence-electron chi connectivity index (χ0n) is 9.33. The second-order valence-electron chi connectivity index (χ2n) is 5.73. The molecule has 80 valence electrons. The minimum atomic E-state index is 0.751. The molecule has 0 radical (unpaired) electrons. The Bertz CT molecular complexity index is 236. The van der Waals surface area contributed by atoms with Crippen LogP contribution in [0.3, 0.4) is 0 Å². The van der Waals surface area contributed by atoms with Gasteiger partial charge in [-0.3, -0.25) is 4.90 Å². The zero-order chi connectivity index (χ0) is 9.76. The Labute approximate surface area is 86.6 Å². The number of ether oxygens (including phenoxy) is 1. The maximum Gasteiger partial charge on any atom is 0.0645 e. The summed E-state index contributed by atoms with van der Waals surface area (Å²) in [6.07, 6.45) is 2.93. The third kappa shape index (κ3) is 1.17. The van der Waals surface area contributed by atoms with E-state index in [1.807, 2.05) is 0 Å². The molecule has 1 aliphatic carbocycles. The number of piperidine rings is 1. The minimum Gasteiger partial charge on any atom is -0.378 e. The summed E-state index contributed by atoms with van der Waals surface area (Å²) < 4.78 is 5.27. The maximum absolute atomic E-state index is 5.27. The molecule has 1 saturated carbocycles. The summed E-state index contributed by atoms with van der Waals surface area (Å²) >= 11 is 0. The first kappa shape index (κ1) is 9.17. The van der Waals surface area contributed by atoms with Crippen LogP contribution in [0.15, 0.2) is 0 Å². The van der Waals surface area contributed by atoms with E-state index < -0.39 is 0 Å². The molecule has 2 heterocycles. The molecule has 2 nitrogen and oxygen atoms in total. The third-order valence-electron chi connectivity index (χ3n) is 4.89. The fourth-order valence-electron chi connectivity index (χ4n) is 3.44. The van der Waals surface area contributed by atoms with Crippen molar-refractivity contribution in [3.63, 3.8) is 0 Å². The zero-order valence-corrected chi connectivity index (χ0v) is 9.33. The van der Waals surface area contributed by atoms with Gasteiger partial charge in [-0.25, -0.2) is 0 Å². The van der Waals surface area contributed by atoms with Crippen LogP contribution in [-0.4, -0.2) is 37.2 Å². The normalized spacial score (nSPS) is 43.5. The van der Waals surface area contributed by atoms with Gasteiger partial charge in [-0.05, 0) is 36.6 Å². The summed E-state index contributed by atoms with van der Waals surface area (Å²) in [6.45, 7) is 9.46. The molecule has 0 aromatic rings. The molecule has 3 fully saturated rings. The van der Waals surface area contributed by atoms with E-state index in [0.717, 1.165) is 36.5 Å². The average Bonchev–Trinajstić information content (AvgIpc) is 2.75. The van der Waals surface area contributed by atoms with Gasteiger partial charge in [0.05, 0.1) is 19.3 Å². The topological polar surface area (TPSA) is 12.5 Å². The highest BCUT2D eigenvalue weighted by Gasteiger charge is 2.58. The number of hydrogen-bond acceptors (Lipinski definition) is 2. The molecule has 3 rings (SSSR count). The summed E-state index contributed by atoms with van der Waals surface area (Å²) in [6, 6.07) is 0.765. The number of fused-ring (bicyclic) bond motifs is 1. The summed E-state index contributed by atoms with van der Waals surface area (Å²) in [5, 5.41) is 0. The van der Waals surface area contributed by atoms with Crippen LogP contribution in [0.2, 0.25) is 0 Å². The van der Waals surface area contributed by atoms with Crippen molar-refractivity contribution in [1.29, 1.82) is 0 Å². The average molecular weight is 195 g/mol. The van der Waals surface area contributed by atoms with Gasteiger partial charge in [-0.15, -0.1) is 0 Å². The second-order valence-corrected chi connectivity index (χ2v) is 5.73. The van der Waals surface area contributed by atoms with E-state index >= 15 is 0 Å². The summed E-state index contributed by atoms with van der Waals surface area (Å²) in [4.78, 5) is 2.67. The lowest BCUT2D eigenvalue weighted by Crippen LogP contribution is -2.52. The smallest absolute Gasteiger partial charge is 0.0645 e. The van der Waals surface area contributed by atoms with Crippen molar-refractivity contribution in [2.24, 2.45) is 17.3 Å². The van der Waals surface area contributed by atoms with E-state index in [9.17, 15) is 0 Å². The first-order chi connectivity index (χ1) is 6.72. The second kappa shape index (κ2) is 2.96. The van der Waals surface area contributed by atoms with Gasteiger partial charge >= 0.3 is 0 Å². The molecule has 0 amide bonds. The Morgan fingerprint density at radius 2 is 2.14 bits per heavy atom. The number of nitrogens with zero attached hydrogens (tertiary/aromatic N) is 1. The highest BCUT2D eigenvalue weighted by molar-refractivity contribution is 5.08. The van der Waals surface area contributed by atoms with E-state index in [2.05, 4.69) is 18.7 Å². The van der Waals surface area contributed by atoms with Gasteiger partial charge in [-0.1, -0.05) is 13.8 Å². The molecule has 2 unspecified atom stereocenters. The van der Waals surface area contributed by atoms with Gasteiger partial charge < -0.3 is 4.74 Å². The molecule has 0 aromatic carbocycles. The van der Waals surface area contributed by atoms with Gasteiger partial charge in [-0.2, -0.15) is 0 Å². The monoisotopic (exact) mass is 195 g/mol. The number of rotatable bonds is 2. The van der Waals surface area contributed by atoms with Crippen molar-refractivity contribution in [3.05, 3.63) is 0 Å². The van der Waals surface area contributed by atoms with Crippen molar-refractivity contribution in [2.75, 3.05) is 26.3 Å². The van der Waals surface area contributed by atoms with Crippen LogP contribution in [0.4, 0.5) is 0 Å². The van der Waals surface area contributed by atoms with E-state index in [1.54, 1.807) is 0 Å². The largest absolute Gasteiger partial charge is 0.378 e. The van der Waals surface area contributed by atoms with Crippen LogP contribution in [-0.2, 0) is 4.74 Å². The van der Waals surface area contributed by atoms with Gasteiger partial charge in [0.15, 0.2) is 0 Å². The van der Waals surface area contributed by atoms with E-state index in [0.29, 0.717) is 0 Å². The van der Waals surface area contributed by atoms with E-state index in [1.165, 1.54) is 25.9 Å². The predicted octanol–water partition coefficient (Wildman–Crippen LogP) is 1.75. The van der Waals surface area contributed by atoms with E-state index in [-0.39, 0.29) is 0 Å². The maximum atomic E-state index is 5.27. The van der Waals surface area contributed by atoms with Gasteiger partial charge in [0.2, 0.25) is 0 Å². The predicted molar refractivity (Wildman–Crippen MR) is 56.2 cm³/mol. The molecule has 0 aromatic heterocycles. The van der Waals surface area contributed by atoms with Gasteiger partial charge in [0, 0.05) is 6.54 Å². The van der Waals surface area contributed by atoms with Crippen molar-refractivity contribution < 1.29 is 4.74 Å². The fourth-order valence-corrected chi connectivity index (χ4v) is 3.44. The van der Waals surface area contributed by atoms with Crippen molar-refractivity contribution in [1.82, 2.24) is 4.90 Å². The van der Waals surface area contributed by atoms with Crippen LogP contribution >= 0.6 is 0 Å². The van der Waals surface area contributed by atoms with Crippen LogP contribution in [0, 0.1) is 17.3 Å². The molecule has 2 heteroatoms. The Kier molecular flexibility index (Phi) is 1.94. The Hall–Kier alpha value is -0.0800. The fraction of sp³-hybridized carbons (Fsp3) is 1.00. The van der Waals surface area contributed by atoms with Crippen molar-refractivity contribution >= 4 is 0 Å². The lowest BCUT2D eigenvalue weighted by atomic mass is 9.84. The van der Waals surface area contributed by atoms with E-state index in [4.69, 9.17) is 4.74 Å². The SMILES string of the molecule is CC(C)C12CCN(C3COC3)CC1C2. The number of likely N-dealkylation sites (tertiary alicyclic amines) is 1. The molecule has 2 saturated heterocycles. The molecule has 0 N–H and O–H groups in total. The molecule has 2 aliphatic heterocycles. The quantitative estimate of drug-likeness (QED) is 0.665. The molecular weight excluding hydrogens is 174 g/mol. The standard InChI is InChI=1S/C12H21NO/c1-9(2)12-3-4-13(6-10(12)5-12)11-7-14-8-11/h9-11H,3-8H2,1-2H3. The van der Waals surface area contributed by atoms with Crippen LogP contribution in [0.1, 0.15) is 26.7 Å². The van der Waals surface area contributed by atoms with Crippen LogP contribution in [0.5, 0.6) is 0 Å². The molecule has 2 atom stereocenters. The molecule has 0 bridgehead atoms. The van der Waals surface area contributed by atoms with Crippen LogP contribution in [0.25, 0.3) is 0 Å². The third-order valence-corrected chi connectivity index (χ3v) is 4.89. The Morgan fingerprint density at radius 1 is 1.36 bits per heavy atom.